The first-order chi connectivity index (χ1) is 10.6. The van der Waals surface area contributed by atoms with Crippen molar-refractivity contribution in [3.63, 3.8) is 0 Å². The first-order valence-electron chi connectivity index (χ1n) is 7.32. The number of fused-ring (bicyclic) bond motifs is 1. The minimum absolute atomic E-state index is 0.142. The fraction of sp³-hybridized carbons (Fsp3) is 0.615. The van der Waals surface area contributed by atoms with E-state index in [1.165, 1.54) is 6.33 Å². The molecule has 3 rings (SSSR count). The second-order valence-corrected chi connectivity index (χ2v) is 5.42. The zero-order valence-corrected chi connectivity index (χ0v) is 12.7. The van der Waals surface area contributed by atoms with Crippen molar-refractivity contribution in [3.05, 3.63) is 23.8 Å². The summed E-state index contributed by atoms with van der Waals surface area (Å²) in [5, 5.41) is 14.7. The molecule has 0 aliphatic carbocycles. The van der Waals surface area contributed by atoms with Crippen LogP contribution in [0.1, 0.15) is 36.1 Å². The van der Waals surface area contributed by atoms with Crippen LogP contribution >= 0.6 is 0 Å². The second-order valence-electron chi connectivity index (χ2n) is 5.42. The molecule has 0 saturated heterocycles. The van der Waals surface area contributed by atoms with Gasteiger partial charge in [-0.25, -0.2) is 4.98 Å². The molecule has 1 aliphatic heterocycles. The lowest BCUT2D eigenvalue weighted by Crippen LogP contribution is -2.34. The van der Waals surface area contributed by atoms with Crippen LogP contribution in [-0.2, 0) is 24.3 Å². The minimum Gasteiger partial charge on any atom is -0.371 e. The minimum atomic E-state index is -0.142. The monoisotopic (exact) mass is 305 g/mol. The molecule has 9 nitrogen and oxygen atoms in total. The first kappa shape index (κ1) is 14.6. The van der Waals surface area contributed by atoms with E-state index < -0.39 is 0 Å². The van der Waals surface area contributed by atoms with Gasteiger partial charge in [0.25, 0.3) is 5.91 Å². The van der Waals surface area contributed by atoms with E-state index in [0.717, 1.165) is 11.6 Å². The van der Waals surface area contributed by atoms with Gasteiger partial charge in [-0.3, -0.25) is 9.89 Å². The molecule has 0 unspecified atom stereocenters. The first-order valence-corrected chi connectivity index (χ1v) is 7.32. The van der Waals surface area contributed by atoms with Crippen molar-refractivity contribution in [2.24, 2.45) is 0 Å². The van der Waals surface area contributed by atoms with E-state index in [1.54, 1.807) is 4.90 Å². The van der Waals surface area contributed by atoms with Gasteiger partial charge in [-0.2, -0.15) is 5.10 Å². The Morgan fingerprint density at radius 3 is 2.95 bits per heavy atom. The number of nitrogens with one attached hydrogen (secondary N) is 1. The van der Waals surface area contributed by atoms with Crippen molar-refractivity contribution in [2.75, 3.05) is 13.1 Å². The summed E-state index contributed by atoms with van der Waals surface area (Å²) in [6.45, 7) is 6.22. The number of carbonyl (C=O) groups excluding carboxylic acids is 1. The number of amides is 1. The highest BCUT2D eigenvalue weighted by molar-refractivity contribution is 5.90. The fourth-order valence-corrected chi connectivity index (χ4v) is 2.39. The summed E-state index contributed by atoms with van der Waals surface area (Å²) in [7, 11) is 0. The van der Waals surface area contributed by atoms with Crippen LogP contribution in [0.5, 0.6) is 0 Å². The summed E-state index contributed by atoms with van der Waals surface area (Å²) >= 11 is 0. The van der Waals surface area contributed by atoms with Gasteiger partial charge < -0.3 is 14.2 Å². The number of nitrogens with zero attached hydrogens (tertiary/aromatic N) is 6. The van der Waals surface area contributed by atoms with E-state index >= 15 is 0 Å². The van der Waals surface area contributed by atoms with Crippen LogP contribution in [0.25, 0.3) is 0 Å². The molecule has 2 aromatic rings. The molecule has 3 heterocycles. The van der Waals surface area contributed by atoms with Crippen molar-refractivity contribution < 1.29 is 9.53 Å². The Labute approximate surface area is 127 Å². The third-order valence-electron chi connectivity index (χ3n) is 3.55. The van der Waals surface area contributed by atoms with Gasteiger partial charge in [0, 0.05) is 26.1 Å². The molecule has 1 amide bonds. The highest BCUT2D eigenvalue weighted by Gasteiger charge is 2.24. The van der Waals surface area contributed by atoms with E-state index in [-0.39, 0.29) is 17.8 Å². The highest BCUT2D eigenvalue weighted by atomic mass is 16.5. The highest BCUT2D eigenvalue weighted by Crippen LogP contribution is 2.12. The maximum atomic E-state index is 12.3. The van der Waals surface area contributed by atoms with Crippen LogP contribution in [0.2, 0.25) is 0 Å². The third kappa shape index (κ3) is 2.98. The van der Waals surface area contributed by atoms with Crippen LogP contribution in [0.15, 0.2) is 6.33 Å². The normalized spacial score (nSPS) is 15.0. The molecule has 1 N–H and O–H groups in total. The van der Waals surface area contributed by atoms with Crippen molar-refractivity contribution >= 4 is 5.91 Å². The Morgan fingerprint density at radius 1 is 1.36 bits per heavy atom. The quantitative estimate of drug-likeness (QED) is 0.854. The molecular formula is C13H19N7O2. The van der Waals surface area contributed by atoms with E-state index in [2.05, 4.69) is 25.4 Å². The Hall–Kier alpha value is -2.29. The van der Waals surface area contributed by atoms with Gasteiger partial charge in [-0.05, 0) is 13.8 Å². The van der Waals surface area contributed by atoms with Crippen molar-refractivity contribution in [1.29, 1.82) is 0 Å². The number of hydrogen-bond acceptors (Lipinski definition) is 6. The molecule has 22 heavy (non-hydrogen) atoms. The average molecular weight is 305 g/mol. The molecule has 1 aliphatic rings. The topological polar surface area (TPSA) is 102 Å². The molecule has 9 heteroatoms. The molecule has 0 fully saturated rings. The van der Waals surface area contributed by atoms with Gasteiger partial charge in [0.05, 0.1) is 6.10 Å². The number of hydrogen-bond donors (Lipinski definition) is 1. The summed E-state index contributed by atoms with van der Waals surface area (Å²) in [5.74, 6) is 1.81. The Balaban J connectivity index is 1.69. The van der Waals surface area contributed by atoms with Crippen molar-refractivity contribution in [3.8, 4) is 0 Å². The third-order valence-corrected chi connectivity index (χ3v) is 3.55. The van der Waals surface area contributed by atoms with Crippen LogP contribution in [0.3, 0.4) is 0 Å². The maximum absolute atomic E-state index is 12.3. The summed E-state index contributed by atoms with van der Waals surface area (Å²) in [6, 6.07) is 0. The molecule has 0 spiro atoms. The van der Waals surface area contributed by atoms with E-state index in [1.807, 2.05) is 18.4 Å². The molecular weight excluding hydrogens is 286 g/mol. The van der Waals surface area contributed by atoms with Crippen LogP contribution in [0, 0.1) is 0 Å². The van der Waals surface area contributed by atoms with Gasteiger partial charge in [0.2, 0.25) is 5.82 Å². The van der Waals surface area contributed by atoms with E-state index in [4.69, 9.17) is 4.74 Å². The van der Waals surface area contributed by atoms with Crippen LogP contribution in [0.4, 0.5) is 0 Å². The molecule has 0 atom stereocenters. The van der Waals surface area contributed by atoms with Gasteiger partial charge in [-0.15, -0.1) is 10.2 Å². The zero-order valence-electron chi connectivity index (χ0n) is 12.7. The van der Waals surface area contributed by atoms with Crippen LogP contribution < -0.4 is 0 Å². The lowest BCUT2D eigenvalue weighted by Gasteiger charge is -2.18. The molecule has 0 radical (unpaired) electrons. The number of ether oxygens (including phenoxy) is 1. The largest absolute Gasteiger partial charge is 0.371 e. The van der Waals surface area contributed by atoms with Gasteiger partial charge in [0.15, 0.2) is 5.82 Å². The molecule has 118 valence electrons. The van der Waals surface area contributed by atoms with Gasteiger partial charge in [0.1, 0.15) is 18.8 Å². The summed E-state index contributed by atoms with van der Waals surface area (Å²) < 4.78 is 7.64. The Kier molecular flexibility index (Phi) is 4.14. The van der Waals surface area contributed by atoms with Crippen molar-refractivity contribution in [2.45, 2.75) is 39.5 Å². The zero-order chi connectivity index (χ0) is 15.5. The Morgan fingerprint density at radius 2 is 2.23 bits per heavy atom. The molecule has 0 aromatic carbocycles. The lowest BCUT2D eigenvalue weighted by atomic mass is 10.3. The summed E-state index contributed by atoms with van der Waals surface area (Å²) in [4.78, 5) is 18.0. The SMILES string of the molecule is CC(C)OCc1nnc2n1CCN(C(=O)c1ncn[nH]1)CC2. The number of H-pyrrole nitrogens is 1. The number of aromatic amines is 1. The predicted molar refractivity (Wildman–Crippen MR) is 75.9 cm³/mol. The smallest absolute Gasteiger partial charge is 0.291 e. The van der Waals surface area contributed by atoms with E-state index in [0.29, 0.717) is 32.7 Å². The second kappa shape index (κ2) is 6.22. The Bertz CT molecular complexity index is 635. The van der Waals surface area contributed by atoms with Crippen molar-refractivity contribution in [1.82, 2.24) is 34.8 Å². The fourth-order valence-electron chi connectivity index (χ4n) is 2.39. The number of aromatic nitrogens is 6. The molecule has 0 bridgehead atoms. The standard InChI is InChI=1S/C13H19N7O2/c1-9(2)22-7-11-17-16-10-3-4-19(5-6-20(10)11)13(21)12-14-8-15-18-12/h8-9H,3-7H2,1-2H3,(H,14,15,18). The average Bonchev–Trinajstić information content (AvgIpc) is 3.11. The van der Waals surface area contributed by atoms with Gasteiger partial charge in [-0.1, -0.05) is 0 Å². The number of carbonyl (C=O) groups is 1. The number of rotatable bonds is 4. The molecule has 0 saturated carbocycles. The van der Waals surface area contributed by atoms with E-state index in [9.17, 15) is 4.79 Å². The molecule has 2 aromatic heterocycles. The van der Waals surface area contributed by atoms with Crippen LogP contribution in [-0.4, -0.2) is 59.9 Å². The summed E-state index contributed by atoms with van der Waals surface area (Å²) in [5.41, 5.74) is 0. The summed E-state index contributed by atoms with van der Waals surface area (Å²) in [6.07, 6.45) is 2.14. The maximum Gasteiger partial charge on any atom is 0.291 e. The van der Waals surface area contributed by atoms with Gasteiger partial charge >= 0.3 is 0 Å². The predicted octanol–water partition coefficient (Wildman–Crippen LogP) is 0.0197. The lowest BCUT2D eigenvalue weighted by molar-refractivity contribution is 0.0589.